The van der Waals surface area contributed by atoms with Gasteiger partial charge in [-0.3, -0.25) is 0 Å². The van der Waals surface area contributed by atoms with E-state index in [9.17, 15) is 4.39 Å². The van der Waals surface area contributed by atoms with Gasteiger partial charge in [-0.15, -0.1) is 0 Å². The van der Waals surface area contributed by atoms with Gasteiger partial charge in [0.2, 0.25) is 0 Å². The summed E-state index contributed by atoms with van der Waals surface area (Å²) in [4.78, 5) is 0. The minimum Gasteiger partial charge on any atom is -0.495 e. The molecule has 0 aromatic heterocycles. The minimum atomic E-state index is -0.205. The molecule has 2 aromatic rings. The van der Waals surface area contributed by atoms with E-state index in [1.807, 2.05) is 0 Å². The third-order valence-corrected chi connectivity index (χ3v) is 3.47. The zero-order valence-corrected chi connectivity index (χ0v) is 12.9. The van der Waals surface area contributed by atoms with Gasteiger partial charge in [-0.2, -0.15) is 0 Å². The molecule has 0 amide bonds. The fraction of sp³-hybridized carbons (Fsp3) is 0.250. The lowest BCUT2D eigenvalue weighted by molar-refractivity contribution is 0.395. The number of nitrogens with one attached hydrogen (secondary N) is 1. The van der Waals surface area contributed by atoms with Crippen LogP contribution in [0.2, 0.25) is 5.02 Å². The molecule has 0 spiro atoms. The molecule has 0 aliphatic heterocycles. The molecule has 0 saturated heterocycles. The molecule has 0 saturated carbocycles. The van der Waals surface area contributed by atoms with Crippen LogP contribution in [0.4, 0.5) is 10.1 Å². The predicted octanol–water partition coefficient (Wildman–Crippen LogP) is 4.42. The van der Waals surface area contributed by atoms with Gasteiger partial charge in [0.05, 0.1) is 24.9 Å². The van der Waals surface area contributed by atoms with E-state index in [1.165, 1.54) is 6.07 Å². The van der Waals surface area contributed by atoms with Crippen LogP contribution in [0, 0.1) is 12.7 Å². The lowest BCUT2D eigenvalue weighted by atomic mass is 10.1. The number of benzene rings is 2. The third kappa shape index (κ3) is 3.58. The zero-order chi connectivity index (χ0) is 15.4. The van der Waals surface area contributed by atoms with Crippen molar-refractivity contribution in [3.05, 3.63) is 52.3 Å². The van der Waals surface area contributed by atoms with Crippen LogP contribution in [0.3, 0.4) is 0 Å². The topological polar surface area (TPSA) is 30.5 Å². The number of halogens is 2. The zero-order valence-electron chi connectivity index (χ0n) is 12.2. The molecule has 0 atom stereocenters. The van der Waals surface area contributed by atoms with E-state index in [0.29, 0.717) is 28.6 Å². The first-order valence-corrected chi connectivity index (χ1v) is 6.83. The summed E-state index contributed by atoms with van der Waals surface area (Å²) in [7, 11) is 3.13. The number of aryl methyl sites for hydroxylation is 1. The lowest BCUT2D eigenvalue weighted by Crippen LogP contribution is -2.02. The van der Waals surface area contributed by atoms with Crippen molar-refractivity contribution in [2.45, 2.75) is 13.5 Å². The first-order valence-electron chi connectivity index (χ1n) is 6.45. The highest BCUT2D eigenvalue weighted by Crippen LogP contribution is 2.36. The average Bonchev–Trinajstić information content (AvgIpc) is 2.48. The molecule has 21 heavy (non-hydrogen) atoms. The van der Waals surface area contributed by atoms with E-state index in [-0.39, 0.29) is 5.82 Å². The van der Waals surface area contributed by atoms with Crippen molar-refractivity contribution in [2.24, 2.45) is 0 Å². The summed E-state index contributed by atoms with van der Waals surface area (Å²) in [5.41, 5.74) is 2.35. The van der Waals surface area contributed by atoms with Gasteiger partial charge in [0, 0.05) is 12.6 Å². The highest BCUT2D eigenvalue weighted by molar-refractivity contribution is 6.32. The predicted molar refractivity (Wildman–Crippen MR) is 83.0 cm³/mol. The Balaban J connectivity index is 2.19. The number of hydrogen-bond donors (Lipinski definition) is 1. The van der Waals surface area contributed by atoms with Gasteiger partial charge in [-0.1, -0.05) is 23.7 Å². The van der Waals surface area contributed by atoms with E-state index in [1.54, 1.807) is 45.4 Å². The van der Waals surface area contributed by atoms with Crippen molar-refractivity contribution in [3.8, 4) is 11.5 Å². The molecule has 0 fully saturated rings. The molecule has 1 N–H and O–H groups in total. The Kier molecular flexibility index (Phi) is 4.91. The second-order valence-electron chi connectivity index (χ2n) is 4.62. The fourth-order valence-corrected chi connectivity index (χ4v) is 2.25. The van der Waals surface area contributed by atoms with Gasteiger partial charge < -0.3 is 14.8 Å². The van der Waals surface area contributed by atoms with Crippen molar-refractivity contribution in [1.29, 1.82) is 0 Å². The van der Waals surface area contributed by atoms with Crippen molar-refractivity contribution in [2.75, 3.05) is 19.5 Å². The summed E-state index contributed by atoms with van der Waals surface area (Å²) in [5, 5.41) is 3.73. The van der Waals surface area contributed by atoms with Crippen molar-refractivity contribution < 1.29 is 13.9 Å². The highest BCUT2D eigenvalue weighted by Gasteiger charge is 2.10. The molecule has 0 radical (unpaired) electrons. The first-order chi connectivity index (χ1) is 10.0. The third-order valence-electron chi connectivity index (χ3n) is 3.18. The van der Waals surface area contributed by atoms with Gasteiger partial charge in [-0.05, 0) is 30.2 Å². The van der Waals surface area contributed by atoms with Crippen LogP contribution in [0.5, 0.6) is 11.5 Å². The maximum absolute atomic E-state index is 13.2. The van der Waals surface area contributed by atoms with Crippen LogP contribution in [0.1, 0.15) is 11.1 Å². The smallest absolute Gasteiger partial charge is 0.145 e. The first kappa shape index (κ1) is 15.4. The van der Waals surface area contributed by atoms with Gasteiger partial charge >= 0.3 is 0 Å². The Labute approximate surface area is 128 Å². The van der Waals surface area contributed by atoms with Crippen LogP contribution < -0.4 is 14.8 Å². The Morgan fingerprint density at radius 1 is 1.10 bits per heavy atom. The molecule has 2 aromatic carbocycles. The molecule has 5 heteroatoms. The lowest BCUT2D eigenvalue weighted by Gasteiger charge is -2.14. The molecular weight excluding hydrogens is 293 g/mol. The second-order valence-corrected chi connectivity index (χ2v) is 5.03. The van der Waals surface area contributed by atoms with E-state index in [0.717, 1.165) is 11.3 Å². The van der Waals surface area contributed by atoms with Crippen LogP contribution in [0.15, 0.2) is 30.3 Å². The summed E-state index contributed by atoms with van der Waals surface area (Å²) < 4.78 is 23.7. The van der Waals surface area contributed by atoms with Crippen molar-refractivity contribution in [3.63, 3.8) is 0 Å². The second kappa shape index (κ2) is 6.68. The quantitative estimate of drug-likeness (QED) is 0.887. The summed E-state index contributed by atoms with van der Waals surface area (Å²) in [6.45, 7) is 2.28. The van der Waals surface area contributed by atoms with E-state index in [4.69, 9.17) is 21.1 Å². The maximum atomic E-state index is 13.2. The minimum absolute atomic E-state index is 0.205. The Morgan fingerprint density at radius 2 is 1.81 bits per heavy atom. The van der Waals surface area contributed by atoms with Crippen LogP contribution >= 0.6 is 11.6 Å². The fourth-order valence-electron chi connectivity index (χ4n) is 2.01. The van der Waals surface area contributed by atoms with Crippen LogP contribution in [0.25, 0.3) is 0 Å². The average molecular weight is 310 g/mol. The largest absolute Gasteiger partial charge is 0.495 e. The standard InChI is InChI=1S/C16H17ClFNO2/c1-10-6-11(4-5-13(10)18)9-19-14-7-12(17)15(20-2)8-16(14)21-3/h4-8,19H,9H2,1-3H3. The van der Waals surface area contributed by atoms with E-state index in [2.05, 4.69) is 5.32 Å². The molecule has 0 unspecified atom stereocenters. The number of hydrogen-bond acceptors (Lipinski definition) is 3. The summed E-state index contributed by atoms with van der Waals surface area (Å²) in [6, 6.07) is 8.48. The summed E-state index contributed by atoms with van der Waals surface area (Å²) in [6.07, 6.45) is 0. The normalized spacial score (nSPS) is 10.3. The number of ether oxygens (including phenoxy) is 2. The van der Waals surface area contributed by atoms with E-state index < -0.39 is 0 Å². The monoisotopic (exact) mass is 309 g/mol. The molecule has 112 valence electrons. The van der Waals surface area contributed by atoms with Gasteiger partial charge in [0.15, 0.2) is 0 Å². The SMILES string of the molecule is COc1cc(OC)c(NCc2ccc(F)c(C)c2)cc1Cl. The summed E-state index contributed by atoms with van der Waals surface area (Å²) in [5.74, 6) is 0.982. The molecule has 0 heterocycles. The van der Waals surface area contributed by atoms with Crippen molar-refractivity contribution in [1.82, 2.24) is 0 Å². The molecule has 2 rings (SSSR count). The van der Waals surface area contributed by atoms with Gasteiger partial charge in [0.25, 0.3) is 0 Å². The molecular formula is C16H17ClFNO2. The Hall–Kier alpha value is -1.94. The maximum Gasteiger partial charge on any atom is 0.145 e. The Morgan fingerprint density at radius 3 is 2.43 bits per heavy atom. The van der Waals surface area contributed by atoms with E-state index >= 15 is 0 Å². The summed E-state index contributed by atoms with van der Waals surface area (Å²) >= 11 is 6.12. The van der Waals surface area contributed by atoms with Crippen LogP contribution in [-0.4, -0.2) is 14.2 Å². The van der Waals surface area contributed by atoms with Crippen molar-refractivity contribution >= 4 is 17.3 Å². The Bertz CT molecular complexity index is 646. The molecule has 0 aliphatic rings. The number of anilines is 1. The number of rotatable bonds is 5. The molecule has 0 aliphatic carbocycles. The van der Waals surface area contributed by atoms with Gasteiger partial charge in [0.1, 0.15) is 17.3 Å². The van der Waals surface area contributed by atoms with Gasteiger partial charge in [-0.25, -0.2) is 4.39 Å². The molecule has 3 nitrogen and oxygen atoms in total. The number of methoxy groups -OCH3 is 2. The van der Waals surface area contributed by atoms with Crippen LogP contribution in [-0.2, 0) is 6.54 Å². The molecule has 0 bridgehead atoms. The highest BCUT2D eigenvalue weighted by atomic mass is 35.5.